The molecule has 0 heterocycles. The Morgan fingerprint density at radius 1 is 1.17 bits per heavy atom. The van der Waals surface area contributed by atoms with Crippen molar-refractivity contribution in [2.75, 3.05) is 0 Å². The van der Waals surface area contributed by atoms with Crippen molar-refractivity contribution in [3.8, 4) is 0 Å². The predicted molar refractivity (Wildman–Crippen MR) is 104 cm³/mol. The zero-order chi connectivity index (χ0) is 17.3. The molecule has 3 fully saturated rings. The molecule has 0 N–H and O–H groups in total. The minimum atomic E-state index is 0.150. The average Bonchev–Trinajstić information content (AvgIpc) is 2.86. The molecule has 0 aromatic heterocycles. The Morgan fingerprint density at radius 3 is 2.62 bits per heavy atom. The standard InChI is InChI=1S/C21H29IO2/c1-12(23)15-6-7-16-14-5-4-13-10-19(24)18(22)11-21(13,3)17(14)8-9-20(15,16)2/h10,14-18H,4-9,11H2,1-3H3/t14-,15+,16-,17-,18?,20+,21-/m0/s1. The van der Waals surface area contributed by atoms with Gasteiger partial charge in [-0.2, -0.15) is 0 Å². The summed E-state index contributed by atoms with van der Waals surface area (Å²) in [6, 6.07) is 0. The maximum atomic E-state index is 12.2. The Balaban J connectivity index is 1.68. The summed E-state index contributed by atoms with van der Waals surface area (Å²) >= 11 is 2.35. The van der Waals surface area contributed by atoms with E-state index in [0.717, 1.165) is 25.2 Å². The lowest BCUT2D eigenvalue weighted by Crippen LogP contribution is -2.52. The lowest BCUT2D eigenvalue weighted by Gasteiger charge is -2.58. The molecule has 24 heavy (non-hydrogen) atoms. The van der Waals surface area contributed by atoms with Gasteiger partial charge in [-0.05, 0) is 86.5 Å². The Morgan fingerprint density at radius 2 is 1.92 bits per heavy atom. The molecule has 0 aromatic carbocycles. The molecule has 0 bridgehead atoms. The van der Waals surface area contributed by atoms with E-state index in [-0.39, 0.29) is 14.8 Å². The Labute approximate surface area is 159 Å². The second-order valence-electron chi connectivity index (χ2n) is 9.36. The highest BCUT2D eigenvalue weighted by molar-refractivity contribution is 14.1. The van der Waals surface area contributed by atoms with E-state index >= 15 is 0 Å². The minimum Gasteiger partial charge on any atom is -0.300 e. The lowest BCUT2D eigenvalue weighted by atomic mass is 9.46. The number of fused-ring (bicyclic) bond motifs is 5. The van der Waals surface area contributed by atoms with E-state index in [2.05, 4.69) is 36.4 Å². The first kappa shape index (κ1) is 17.2. The van der Waals surface area contributed by atoms with Crippen LogP contribution in [-0.2, 0) is 9.59 Å². The van der Waals surface area contributed by atoms with Gasteiger partial charge >= 0.3 is 0 Å². The highest BCUT2D eigenvalue weighted by Crippen LogP contribution is 2.66. The van der Waals surface area contributed by atoms with Gasteiger partial charge in [-0.15, -0.1) is 0 Å². The molecule has 0 saturated heterocycles. The number of carbonyl (C=O) groups excluding carboxylic acids is 2. The van der Waals surface area contributed by atoms with E-state index in [1.807, 2.05) is 6.08 Å². The number of hydrogen-bond donors (Lipinski definition) is 0. The van der Waals surface area contributed by atoms with E-state index in [0.29, 0.717) is 29.3 Å². The van der Waals surface area contributed by atoms with Crippen LogP contribution in [0, 0.1) is 34.5 Å². The van der Waals surface area contributed by atoms with E-state index < -0.39 is 0 Å². The van der Waals surface area contributed by atoms with Gasteiger partial charge in [-0.3, -0.25) is 9.59 Å². The second kappa shape index (κ2) is 5.65. The van der Waals surface area contributed by atoms with Crippen molar-refractivity contribution in [2.24, 2.45) is 34.5 Å². The van der Waals surface area contributed by atoms with Crippen LogP contribution in [0.2, 0.25) is 0 Å². The second-order valence-corrected chi connectivity index (χ2v) is 10.9. The highest BCUT2D eigenvalue weighted by Gasteiger charge is 2.60. The van der Waals surface area contributed by atoms with Gasteiger partial charge in [0.25, 0.3) is 0 Å². The van der Waals surface area contributed by atoms with E-state index in [1.54, 1.807) is 6.92 Å². The van der Waals surface area contributed by atoms with Gasteiger partial charge in [0.15, 0.2) is 5.78 Å². The summed E-state index contributed by atoms with van der Waals surface area (Å²) < 4.78 is 0.150. The molecule has 2 nitrogen and oxygen atoms in total. The molecule has 4 rings (SSSR count). The molecule has 0 aromatic rings. The molecule has 4 aliphatic rings. The fraction of sp³-hybridized carbons (Fsp3) is 0.810. The van der Waals surface area contributed by atoms with Crippen molar-refractivity contribution in [2.45, 2.75) is 69.6 Å². The summed E-state index contributed by atoms with van der Waals surface area (Å²) in [7, 11) is 0. The van der Waals surface area contributed by atoms with Crippen molar-refractivity contribution < 1.29 is 9.59 Å². The summed E-state index contributed by atoms with van der Waals surface area (Å²) in [5.41, 5.74) is 1.89. The number of allylic oxidation sites excluding steroid dienone is 1. The van der Waals surface area contributed by atoms with Gasteiger partial charge < -0.3 is 0 Å². The van der Waals surface area contributed by atoms with Gasteiger partial charge in [0.2, 0.25) is 0 Å². The van der Waals surface area contributed by atoms with Crippen molar-refractivity contribution in [3.63, 3.8) is 0 Å². The van der Waals surface area contributed by atoms with Crippen LogP contribution in [0.25, 0.3) is 0 Å². The third-order valence-electron chi connectivity index (χ3n) is 8.46. The largest absolute Gasteiger partial charge is 0.300 e. The van der Waals surface area contributed by atoms with Crippen LogP contribution in [0.4, 0.5) is 0 Å². The van der Waals surface area contributed by atoms with Crippen LogP contribution >= 0.6 is 22.6 Å². The number of halogens is 1. The van der Waals surface area contributed by atoms with Gasteiger partial charge in [-0.25, -0.2) is 0 Å². The highest BCUT2D eigenvalue weighted by atomic mass is 127. The van der Waals surface area contributed by atoms with E-state index in [9.17, 15) is 9.59 Å². The minimum absolute atomic E-state index is 0.150. The summed E-state index contributed by atoms with van der Waals surface area (Å²) in [4.78, 5) is 24.4. The molecule has 7 atom stereocenters. The first-order valence-electron chi connectivity index (χ1n) is 9.67. The molecule has 0 amide bonds. The number of rotatable bonds is 1. The summed E-state index contributed by atoms with van der Waals surface area (Å²) in [5, 5.41) is 0. The van der Waals surface area contributed by atoms with Crippen LogP contribution in [0.5, 0.6) is 0 Å². The van der Waals surface area contributed by atoms with E-state index in [1.165, 1.54) is 31.3 Å². The molecule has 1 unspecified atom stereocenters. The van der Waals surface area contributed by atoms with Gasteiger partial charge in [0, 0.05) is 5.92 Å². The van der Waals surface area contributed by atoms with Crippen molar-refractivity contribution >= 4 is 34.2 Å². The fourth-order valence-corrected chi connectivity index (χ4v) is 8.34. The Kier molecular flexibility index (Phi) is 4.06. The smallest absolute Gasteiger partial charge is 0.168 e. The lowest BCUT2D eigenvalue weighted by molar-refractivity contribution is -0.128. The van der Waals surface area contributed by atoms with Gasteiger partial charge in [0.1, 0.15) is 5.78 Å². The van der Waals surface area contributed by atoms with Crippen molar-refractivity contribution in [3.05, 3.63) is 11.6 Å². The molecule has 0 spiro atoms. The number of ketones is 2. The normalized spacial score (nSPS) is 50.6. The zero-order valence-corrected chi connectivity index (χ0v) is 17.3. The number of Topliss-reactive ketones (excluding diaryl/α,β-unsaturated/α-hetero) is 1. The topological polar surface area (TPSA) is 34.1 Å². The third-order valence-corrected chi connectivity index (χ3v) is 9.51. The number of carbonyl (C=O) groups is 2. The van der Waals surface area contributed by atoms with Crippen LogP contribution in [0.15, 0.2) is 11.6 Å². The van der Waals surface area contributed by atoms with Crippen LogP contribution in [0.3, 0.4) is 0 Å². The fourth-order valence-electron chi connectivity index (χ4n) is 7.25. The Hall–Kier alpha value is -0.190. The first-order valence-corrected chi connectivity index (χ1v) is 10.9. The molecule has 4 aliphatic carbocycles. The van der Waals surface area contributed by atoms with Crippen molar-refractivity contribution in [1.82, 2.24) is 0 Å². The monoisotopic (exact) mass is 440 g/mol. The van der Waals surface area contributed by atoms with Crippen LogP contribution in [0.1, 0.15) is 65.7 Å². The third kappa shape index (κ3) is 2.25. The molecule has 0 aliphatic heterocycles. The number of hydrogen-bond acceptors (Lipinski definition) is 2. The average molecular weight is 440 g/mol. The maximum absolute atomic E-state index is 12.2. The van der Waals surface area contributed by atoms with Crippen LogP contribution in [-0.4, -0.2) is 15.5 Å². The SMILES string of the molecule is CC(=O)[C@H]1CC[C@H]2[C@@H]3CCC4=CC(=O)C(I)C[C@]4(C)[C@H]3CC[C@]12C. The molecular formula is C21H29IO2. The molecule has 132 valence electrons. The molecular weight excluding hydrogens is 411 g/mol. The van der Waals surface area contributed by atoms with Crippen molar-refractivity contribution in [1.29, 1.82) is 0 Å². The predicted octanol–water partition coefficient (Wildman–Crippen LogP) is 5.14. The maximum Gasteiger partial charge on any atom is 0.168 e. The zero-order valence-electron chi connectivity index (χ0n) is 15.1. The summed E-state index contributed by atoms with van der Waals surface area (Å²) in [6.45, 7) is 6.65. The molecule has 3 saturated carbocycles. The molecule has 0 radical (unpaired) electrons. The Bertz CT molecular complexity index is 623. The first-order chi connectivity index (χ1) is 11.3. The number of alkyl halides is 1. The quantitative estimate of drug-likeness (QED) is 0.418. The van der Waals surface area contributed by atoms with E-state index in [4.69, 9.17) is 0 Å². The van der Waals surface area contributed by atoms with Gasteiger partial charge in [0.05, 0.1) is 3.92 Å². The summed E-state index contributed by atoms with van der Waals surface area (Å²) in [5.74, 6) is 3.22. The summed E-state index contributed by atoms with van der Waals surface area (Å²) in [6.07, 6.45) is 10.1. The van der Waals surface area contributed by atoms with Gasteiger partial charge in [-0.1, -0.05) is 42.0 Å². The van der Waals surface area contributed by atoms with Crippen LogP contribution < -0.4 is 0 Å². The molecule has 3 heteroatoms.